The minimum atomic E-state index is -1.07. The Morgan fingerprint density at radius 3 is 2.26 bits per heavy atom. The number of likely N-dealkylation sites (N-methyl/N-ethyl adjacent to an activating group) is 2. The minimum Gasteiger partial charge on any atom is -0.344 e. The number of amides is 3. The molecule has 150 valence electrons. The first kappa shape index (κ1) is 22.8. The standard InChI is InChI=1S/C20H32N4O3/c1-5-17(25)24(13-11-16-9-7-6-8-10-16)20(27)18(15(2)21)19(26)23(4)14-12-22-3/h6-10,15,18,22H,5,11-14,21H2,1-4H3/t15-,18-/m1/s1. The van der Waals surface area contributed by atoms with E-state index in [1.165, 1.54) is 9.80 Å². The van der Waals surface area contributed by atoms with E-state index in [4.69, 9.17) is 5.73 Å². The van der Waals surface area contributed by atoms with Crippen LogP contribution in [0.1, 0.15) is 25.8 Å². The summed E-state index contributed by atoms with van der Waals surface area (Å²) in [4.78, 5) is 40.9. The number of nitrogens with two attached hydrogens (primary N) is 1. The second-order valence-corrected chi connectivity index (χ2v) is 6.67. The normalized spacial score (nSPS) is 12.9. The zero-order valence-corrected chi connectivity index (χ0v) is 16.8. The van der Waals surface area contributed by atoms with Crippen LogP contribution in [0.4, 0.5) is 0 Å². The lowest BCUT2D eigenvalue weighted by Crippen LogP contribution is -2.53. The second-order valence-electron chi connectivity index (χ2n) is 6.67. The molecule has 0 aromatic heterocycles. The van der Waals surface area contributed by atoms with Crippen LogP contribution >= 0.6 is 0 Å². The van der Waals surface area contributed by atoms with Crippen LogP contribution in [-0.4, -0.2) is 67.3 Å². The first-order chi connectivity index (χ1) is 12.8. The SMILES string of the molecule is CCC(=O)N(CCc1ccccc1)C(=O)[C@@H](C(=O)N(C)CCNC)[C@@H](C)N. The van der Waals surface area contributed by atoms with Crippen LogP contribution in [0.3, 0.4) is 0 Å². The number of nitrogens with one attached hydrogen (secondary N) is 1. The molecule has 0 bridgehead atoms. The number of benzene rings is 1. The molecule has 7 nitrogen and oxygen atoms in total. The van der Waals surface area contributed by atoms with Crippen LogP contribution in [0.5, 0.6) is 0 Å². The van der Waals surface area contributed by atoms with E-state index in [2.05, 4.69) is 5.32 Å². The van der Waals surface area contributed by atoms with Crippen LogP contribution in [0, 0.1) is 5.92 Å². The molecular weight excluding hydrogens is 344 g/mol. The van der Waals surface area contributed by atoms with Gasteiger partial charge in [0.1, 0.15) is 5.92 Å². The van der Waals surface area contributed by atoms with Crippen LogP contribution < -0.4 is 11.1 Å². The van der Waals surface area contributed by atoms with E-state index in [-0.39, 0.29) is 24.8 Å². The number of hydrogen-bond donors (Lipinski definition) is 2. The molecule has 3 N–H and O–H groups in total. The Bertz CT molecular complexity index is 619. The van der Waals surface area contributed by atoms with Crippen molar-refractivity contribution in [1.82, 2.24) is 15.1 Å². The predicted molar refractivity (Wildman–Crippen MR) is 106 cm³/mol. The number of hydrogen-bond acceptors (Lipinski definition) is 5. The highest BCUT2D eigenvalue weighted by atomic mass is 16.2. The maximum absolute atomic E-state index is 13.1. The molecule has 1 aromatic carbocycles. The molecule has 0 aliphatic heterocycles. The van der Waals surface area contributed by atoms with Crippen molar-refractivity contribution in [3.63, 3.8) is 0 Å². The Morgan fingerprint density at radius 1 is 1.11 bits per heavy atom. The highest BCUT2D eigenvalue weighted by molar-refractivity contribution is 6.07. The molecule has 0 aliphatic rings. The van der Waals surface area contributed by atoms with Crippen molar-refractivity contribution in [2.75, 3.05) is 33.7 Å². The van der Waals surface area contributed by atoms with Crippen molar-refractivity contribution in [2.45, 2.75) is 32.7 Å². The van der Waals surface area contributed by atoms with Gasteiger partial charge in [0.2, 0.25) is 17.7 Å². The number of carbonyl (C=O) groups excluding carboxylic acids is 3. The summed E-state index contributed by atoms with van der Waals surface area (Å²) in [5.41, 5.74) is 6.99. The molecule has 0 radical (unpaired) electrons. The second kappa shape index (κ2) is 11.5. The van der Waals surface area contributed by atoms with E-state index in [0.29, 0.717) is 19.5 Å². The van der Waals surface area contributed by atoms with Crippen molar-refractivity contribution in [3.05, 3.63) is 35.9 Å². The fraction of sp³-hybridized carbons (Fsp3) is 0.550. The average molecular weight is 377 g/mol. The van der Waals surface area contributed by atoms with E-state index >= 15 is 0 Å². The zero-order chi connectivity index (χ0) is 20.4. The van der Waals surface area contributed by atoms with E-state index < -0.39 is 17.9 Å². The molecule has 0 heterocycles. The van der Waals surface area contributed by atoms with Crippen LogP contribution in [-0.2, 0) is 20.8 Å². The molecule has 0 unspecified atom stereocenters. The van der Waals surface area contributed by atoms with Gasteiger partial charge in [-0.3, -0.25) is 19.3 Å². The first-order valence-electron chi connectivity index (χ1n) is 9.36. The van der Waals surface area contributed by atoms with Gasteiger partial charge in [-0.05, 0) is 26.0 Å². The molecule has 0 aliphatic carbocycles. The Hall–Kier alpha value is -2.25. The summed E-state index contributed by atoms with van der Waals surface area (Å²) < 4.78 is 0. The minimum absolute atomic E-state index is 0.190. The summed E-state index contributed by atoms with van der Waals surface area (Å²) >= 11 is 0. The van der Waals surface area contributed by atoms with E-state index in [1.807, 2.05) is 30.3 Å². The van der Waals surface area contributed by atoms with Crippen molar-refractivity contribution in [2.24, 2.45) is 11.7 Å². The molecule has 1 rings (SSSR count). The topological polar surface area (TPSA) is 95.7 Å². The molecule has 0 spiro atoms. The lowest BCUT2D eigenvalue weighted by Gasteiger charge is -2.30. The van der Waals surface area contributed by atoms with Crippen LogP contribution in [0.15, 0.2) is 30.3 Å². The molecule has 7 heteroatoms. The molecule has 27 heavy (non-hydrogen) atoms. The summed E-state index contributed by atoms with van der Waals surface area (Å²) in [6.07, 6.45) is 0.726. The summed E-state index contributed by atoms with van der Waals surface area (Å²) in [6.45, 7) is 4.61. The Labute approximate surface area is 161 Å². The first-order valence-corrected chi connectivity index (χ1v) is 9.36. The summed E-state index contributed by atoms with van der Waals surface area (Å²) in [7, 11) is 3.43. The maximum atomic E-state index is 13.1. The van der Waals surface area contributed by atoms with Crippen molar-refractivity contribution in [3.8, 4) is 0 Å². The molecule has 2 atom stereocenters. The molecule has 3 amide bonds. The number of imide groups is 1. The Morgan fingerprint density at radius 2 is 1.74 bits per heavy atom. The average Bonchev–Trinajstić information content (AvgIpc) is 2.66. The van der Waals surface area contributed by atoms with Gasteiger partial charge in [0, 0.05) is 39.1 Å². The van der Waals surface area contributed by atoms with Gasteiger partial charge in [0.05, 0.1) is 0 Å². The van der Waals surface area contributed by atoms with Gasteiger partial charge in [0.15, 0.2) is 0 Å². The van der Waals surface area contributed by atoms with Gasteiger partial charge in [-0.2, -0.15) is 0 Å². The van der Waals surface area contributed by atoms with Crippen molar-refractivity contribution < 1.29 is 14.4 Å². The highest BCUT2D eigenvalue weighted by Gasteiger charge is 2.37. The van der Waals surface area contributed by atoms with Gasteiger partial charge in [-0.25, -0.2) is 0 Å². The quantitative estimate of drug-likeness (QED) is 0.584. The van der Waals surface area contributed by atoms with E-state index in [9.17, 15) is 14.4 Å². The van der Waals surface area contributed by atoms with Gasteiger partial charge in [0.25, 0.3) is 0 Å². The lowest BCUT2D eigenvalue weighted by molar-refractivity contribution is -0.152. The van der Waals surface area contributed by atoms with Gasteiger partial charge >= 0.3 is 0 Å². The van der Waals surface area contributed by atoms with Crippen molar-refractivity contribution in [1.29, 1.82) is 0 Å². The largest absolute Gasteiger partial charge is 0.344 e. The monoisotopic (exact) mass is 376 g/mol. The summed E-state index contributed by atoms with van der Waals surface area (Å²) in [5.74, 6) is -2.25. The Balaban J connectivity index is 2.97. The fourth-order valence-electron chi connectivity index (χ4n) is 2.78. The van der Waals surface area contributed by atoms with Gasteiger partial charge < -0.3 is 16.0 Å². The van der Waals surface area contributed by atoms with Crippen LogP contribution in [0.2, 0.25) is 0 Å². The molecule has 0 fully saturated rings. The van der Waals surface area contributed by atoms with Crippen LogP contribution in [0.25, 0.3) is 0 Å². The van der Waals surface area contributed by atoms with Crippen molar-refractivity contribution >= 4 is 17.7 Å². The highest BCUT2D eigenvalue weighted by Crippen LogP contribution is 2.14. The molecule has 0 saturated heterocycles. The van der Waals surface area contributed by atoms with E-state index in [1.54, 1.807) is 27.9 Å². The van der Waals surface area contributed by atoms with Gasteiger partial charge in [-0.1, -0.05) is 37.3 Å². The molecular formula is C20H32N4O3. The summed E-state index contributed by atoms with van der Waals surface area (Å²) in [6, 6.07) is 8.93. The smallest absolute Gasteiger partial charge is 0.243 e. The van der Waals surface area contributed by atoms with E-state index in [0.717, 1.165) is 5.56 Å². The third-order valence-electron chi connectivity index (χ3n) is 4.47. The molecule has 1 aromatic rings. The lowest BCUT2D eigenvalue weighted by atomic mass is 9.97. The Kier molecular flexibility index (Phi) is 9.67. The predicted octanol–water partition coefficient (Wildman–Crippen LogP) is 0.636. The summed E-state index contributed by atoms with van der Waals surface area (Å²) in [5, 5.41) is 2.96. The number of carbonyl (C=O) groups is 3. The zero-order valence-electron chi connectivity index (χ0n) is 16.8. The third-order valence-corrected chi connectivity index (χ3v) is 4.47. The fourth-order valence-corrected chi connectivity index (χ4v) is 2.78. The number of rotatable bonds is 10. The third kappa shape index (κ3) is 6.77. The van der Waals surface area contributed by atoms with Gasteiger partial charge in [-0.15, -0.1) is 0 Å². The molecule has 0 saturated carbocycles. The number of nitrogens with zero attached hydrogens (tertiary/aromatic N) is 2. The maximum Gasteiger partial charge on any atom is 0.243 e.